The van der Waals surface area contributed by atoms with Gasteiger partial charge in [-0.25, -0.2) is 0 Å². The Morgan fingerprint density at radius 1 is 1.35 bits per heavy atom. The molecule has 0 aromatic carbocycles. The normalized spacial score (nSPS) is 17.2. The Morgan fingerprint density at radius 2 is 1.94 bits per heavy atom. The van der Waals surface area contributed by atoms with Gasteiger partial charge in [-0.05, 0) is 40.2 Å². The molecule has 1 N–H and O–H groups in total. The summed E-state index contributed by atoms with van der Waals surface area (Å²) in [6, 6.07) is 2.12. The molecule has 17 heavy (non-hydrogen) atoms. The Morgan fingerprint density at radius 3 is 2.35 bits per heavy atom. The van der Waals surface area contributed by atoms with Crippen LogP contribution in [0.2, 0.25) is 0 Å². The molecule has 0 aliphatic heterocycles. The minimum absolute atomic E-state index is 0.0614. The molecule has 3 nitrogen and oxygen atoms in total. The van der Waals surface area contributed by atoms with E-state index in [0.717, 1.165) is 6.92 Å². The summed E-state index contributed by atoms with van der Waals surface area (Å²) in [7, 11) is 1.69. The Kier molecular flexibility index (Phi) is 6.50. The highest BCUT2D eigenvalue weighted by atomic mass is 19.4. The number of nitriles is 1. The van der Waals surface area contributed by atoms with Crippen LogP contribution in [-0.2, 0) is 4.74 Å². The van der Waals surface area contributed by atoms with Crippen molar-refractivity contribution in [3.05, 3.63) is 0 Å². The molecule has 0 heterocycles. The first kappa shape index (κ1) is 16.2. The van der Waals surface area contributed by atoms with E-state index < -0.39 is 17.8 Å². The molecule has 0 radical (unpaired) electrons. The molecule has 2 unspecified atom stereocenters. The second-order valence-electron chi connectivity index (χ2n) is 4.21. The number of hydrogen-bond donors (Lipinski definition) is 1. The Hall–Kier alpha value is -0.800. The monoisotopic (exact) mass is 252 g/mol. The minimum Gasteiger partial charge on any atom is -0.369 e. The molecule has 0 aliphatic carbocycles. The standard InChI is InChI=1S/C11H19F3N2O/c1-9(11(12,13)14)17-7-5-4-6-10(2,8-15)16-3/h9,16H,4-7H2,1-3H3. The first-order chi connectivity index (χ1) is 7.75. The maximum absolute atomic E-state index is 12.1. The summed E-state index contributed by atoms with van der Waals surface area (Å²) in [6.45, 7) is 2.81. The zero-order chi connectivity index (χ0) is 13.5. The third kappa shape index (κ3) is 6.49. The summed E-state index contributed by atoms with van der Waals surface area (Å²) in [5.41, 5.74) is -0.615. The number of unbranched alkanes of at least 4 members (excludes halogenated alkanes) is 1. The summed E-state index contributed by atoms with van der Waals surface area (Å²) >= 11 is 0. The Bertz CT molecular complexity index is 262. The molecule has 100 valence electrons. The molecule has 0 rings (SSSR count). The predicted molar refractivity (Wildman–Crippen MR) is 58.4 cm³/mol. The number of hydrogen-bond acceptors (Lipinski definition) is 3. The van der Waals surface area contributed by atoms with E-state index in [4.69, 9.17) is 5.26 Å². The highest BCUT2D eigenvalue weighted by molar-refractivity contribution is 5.02. The number of rotatable bonds is 7. The topological polar surface area (TPSA) is 45.0 Å². The smallest absolute Gasteiger partial charge is 0.369 e. The summed E-state index contributed by atoms with van der Waals surface area (Å²) in [6.07, 6.45) is -4.28. The van der Waals surface area contributed by atoms with Crippen LogP contribution in [0.15, 0.2) is 0 Å². The predicted octanol–water partition coefficient (Wildman–Crippen LogP) is 2.63. The molecule has 0 aromatic rings. The fourth-order valence-corrected chi connectivity index (χ4v) is 1.17. The number of nitrogens with one attached hydrogen (secondary N) is 1. The molecule has 0 saturated heterocycles. The van der Waals surface area contributed by atoms with Crippen LogP contribution >= 0.6 is 0 Å². The third-order valence-electron chi connectivity index (χ3n) is 2.70. The maximum atomic E-state index is 12.1. The molecule has 0 bridgehead atoms. The van der Waals surface area contributed by atoms with Crippen molar-refractivity contribution in [3.8, 4) is 6.07 Å². The van der Waals surface area contributed by atoms with E-state index in [0.29, 0.717) is 19.3 Å². The molecular formula is C11H19F3N2O. The lowest BCUT2D eigenvalue weighted by Crippen LogP contribution is -2.37. The molecule has 0 aromatic heterocycles. The Balaban J connectivity index is 3.71. The zero-order valence-electron chi connectivity index (χ0n) is 10.4. The average Bonchev–Trinajstić information content (AvgIpc) is 2.26. The molecule has 0 spiro atoms. The van der Waals surface area contributed by atoms with Gasteiger partial charge in [0, 0.05) is 6.61 Å². The van der Waals surface area contributed by atoms with E-state index in [1.165, 1.54) is 0 Å². The summed E-state index contributed by atoms with van der Waals surface area (Å²) in [5.74, 6) is 0. The second-order valence-corrected chi connectivity index (χ2v) is 4.21. The maximum Gasteiger partial charge on any atom is 0.414 e. The molecule has 0 amide bonds. The summed E-state index contributed by atoms with van der Waals surface area (Å²) in [4.78, 5) is 0. The Labute approximate surface area is 99.9 Å². The quantitative estimate of drug-likeness (QED) is 0.708. The first-order valence-corrected chi connectivity index (χ1v) is 5.53. The number of ether oxygens (including phenoxy) is 1. The van der Waals surface area contributed by atoms with E-state index >= 15 is 0 Å². The lowest BCUT2D eigenvalue weighted by Gasteiger charge is -2.21. The van der Waals surface area contributed by atoms with Gasteiger partial charge in [-0.3, -0.25) is 0 Å². The van der Waals surface area contributed by atoms with Gasteiger partial charge in [-0.15, -0.1) is 0 Å². The van der Waals surface area contributed by atoms with Gasteiger partial charge in [-0.2, -0.15) is 18.4 Å². The molecule has 0 aliphatic rings. The lowest BCUT2D eigenvalue weighted by molar-refractivity contribution is -0.214. The van der Waals surface area contributed by atoms with Crippen LogP contribution in [0.3, 0.4) is 0 Å². The molecular weight excluding hydrogens is 233 g/mol. The van der Waals surface area contributed by atoms with Crippen molar-refractivity contribution in [2.45, 2.75) is 50.9 Å². The van der Waals surface area contributed by atoms with Crippen molar-refractivity contribution < 1.29 is 17.9 Å². The van der Waals surface area contributed by atoms with Gasteiger partial charge >= 0.3 is 6.18 Å². The molecule has 0 saturated carbocycles. The third-order valence-corrected chi connectivity index (χ3v) is 2.70. The van der Waals surface area contributed by atoms with Crippen LogP contribution in [0.25, 0.3) is 0 Å². The molecule has 6 heteroatoms. The van der Waals surface area contributed by atoms with Crippen LogP contribution in [-0.4, -0.2) is 31.5 Å². The van der Waals surface area contributed by atoms with Crippen LogP contribution in [0.1, 0.15) is 33.1 Å². The van der Waals surface area contributed by atoms with E-state index in [1.807, 2.05) is 0 Å². The van der Waals surface area contributed by atoms with E-state index in [2.05, 4.69) is 16.1 Å². The average molecular weight is 252 g/mol. The van der Waals surface area contributed by atoms with E-state index in [9.17, 15) is 13.2 Å². The van der Waals surface area contributed by atoms with Crippen molar-refractivity contribution >= 4 is 0 Å². The van der Waals surface area contributed by atoms with Crippen molar-refractivity contribution in [2.24, 2.45) is 0 Å². The van der Waals surface area contributed by atoms with E-state index in [-0.39, 0.29) is 6.61 Å². The second kappa shape index (κ2) is 6.82. The van der Waals surface area contributed by atoms with Crippen LogP contribution in [0, 0.1) is 11.3 Å². The number of alkyl halides is 3. The van der Waals surface area contributed by atoms with Gasteiger partial charge in [-0.1, -0.05) is 0 Å². The lowest BCUT2D eigenvalue weighted by atomic mass is 9.97. The van der Waals surface area contributed by atoms with Crippen molar-refractivity contribution in [2.75, 3.05) is 13.7 Å². The zero-order valence-corrected chi connectivity index (χ0v) is 10.4. The first-order valence-electron chi connectivity index (χ1n) is 5.53. The fourth-order valence-electron chi connectivity index (χ4n) is 1.17. The number of halogens is 3. The van der Waals surface area contributed by atoms with Crippen LogP contribution in [0.5, 0.6) is 0 Å². The van der Waals surface area contributed by atoms with Crippen LogP contribution < -0.4 is 5.32 Å². The summed E-state index contributed by atoms with van der Waals surface area (Å²) < 4.78 is 40.9. The SMILES string of the molecule is CNC(C)(C#N)CCCCOC(C)C(F)(F)F. The van der Waals surface area contributed by atoms with Crippen molar-refractivity contribution in [1.29, 1.82) is 5.26 Å². The van der Waals surface area contributed by atoms with Crippen molar-refractivity contribution in [3.63, 3.8) is 0 Å². The fraction of sp³-hybridized carbons (Fsp3) is 0.909. The number of nitrogens with zero attached hydrogens (tertiary/aromatic N) is 1. The van der Waals surface area contributed by atoms with Gasteiger partial charge in [0.2, 0.25) is 0 Å². The minimum atomic E-state index is -4.30. The highest BCUT2D eigenvalue weighted by Gasteiger charge is 2.36. The van der Waals surface area contributed by atoms with Gasteiger partial charge in [0.05, 0.1) is 6.07 Å². The highest BCUT2D eigenvalue weighted by Crippen LogP contribution is 2.22. The van der Waals surface area contributed by atoms with Crippen LogP contribution in [0.4, 0.5) is 13.2 Å². The van der Waals surface area contributed by atoms with Gasteiger partial charge in [0.1, 0.15) is 5.54 Å². The summed E-state index contributed by atoms with van der Waals surface area (Å²) in [5, 5.41) is 11.7. The van der Waals surface area contributed by atoms with Crippen molar-refractivity contribution in [1.82, 2.24) is 5.32 Å². The molecule has 2 atom stereocenters. The van der Waals surface area contributed by atoms with Gasteiger partial charge < -0.3 is 10.1 Å². The molecule has 0 fully saturated rings. The van der Waals surface area contributed by atoms with Gasteiger partial charge in [0.15, 0.2) is 6.10 Å². The largest absolute Gasteiger partial charge is 0.414 e. The van der Waals surface area contributed by atoms with Gasteiger partial charge in [0.25, 0.3) is 0 Å². The van der Waals surface area contributed by atoms with E-state index in [1.54, 1.807) is 14.0 Å².